The number of aryl methyl sites for hydroxylation is 1. The number of hydrogen-bond acceptors (Lipinski definition) is 7. The standard InChI is InChI=1S/C10H10ClN9/c1-6-7(11)5-20(18-6)10-15-8(17-12)14-9(16-10)19-4-2-3-13-19/h2-5H,12H2,1H3,(H,14,15,16,17). The monoisotopic (exact) mass is 291 g/mol. The van der Waals surface area contributed by atoms with Crippen LogP contribution in [0.2, 0.25) is 5.02 Å². The molecule has 3 aromatic rings. The van der Waals surface area contributed by atoms with Gasteiger partial charge in [0.2, 0.25) is 5.95 Å². The fourth-order valence-corrected chi connectivity index (χ4v) is 1.68. The molecule has 0 unspecified atom stereocenters. The highest BCUT2D eigenvalue weighted by Crippen LogP contribution is 2.15. The zero-order valence-electron chi connectivity index (χ0n) is 10.4. The third-order valence-electron chi connectivity index (χ3n) is 2.49. The van der Waals surface area contributed by atoms with E-state index >= 15 is 0 Å². The summed E-state index contributed by atoms with van der Waals surface area (Å²) in [7, 11) is 0. The Morgan fingerprint density at radius 1 is 1.20 bits per heavy atom. The molecule has 3 rings (SSSR count). The molecule has 0 bridgehead atoms. The van der Waals surface area contributed by atoms with Crippen LogP contribution in [-0.2, 0) is 0 Å². The summed E-state index contributed by atoms with van der Waals surface area (Å²) in [5.41, 5.74) is 3.06. The number of nitrogens with two attached hydrogens (primary N) is 1. The van der Waals surface area contributed by atoms with Crippen LogP contribution in [0.4, 0.5) is 5.95 Å². The molecule has 3 N–H and O–H groups in total. The van der Waals surface area contributed by atoms with Gasteiger partial charge in [-0.2, -0.15) is 25.1 Å². The first-order chi connectivity index (χ1) is 9.67. The minimum Gasteiger partial charge on any atom is -0.292 e. The number of rotatable bonds is 3. The van der Waals surface area contributed by atoms with Gasteiger partial charge in [-0.25, -0.2) is 15.2 Å². The quantitative estimate of drug-likeness (QED) is 0.533. The molecule has 0 spiro atoms. The molecule has 0 saturated carbocycles. The first-order valence-electron chi connectivity index (χ1n) is 5.62. The van der Waals surface area contributed by atoms with E-state index in [1.54, 1.807) is 31.6 Å². The third kappa shape index (κ3) is 2.19. The zero-order chi connectivity index (χ0) is 14.1. The summed E-state index contributed by atoms with van der Waals surface area (Å²) >= 11 is 5.98. The first kappa shape index (κ1) is 12.5. The van der Waals surface area contributed by atoms with Crippen molar-refractivity contribution in [2.24, 2.45) is 5.84 Å². The van der Waals surface area contributed by atoms with Gasteiger partial charge in [0.1, 0.15) is 0 Å². The van der Waals surface area contributed by atoms with Crippen LogP contribution in [0.1, 0.15) is 5.69 Å². The van der Waals surface area contributed by atoms with Crippen molar-refractivity contribution >= 4 is 17.5 Å². The highest BCUT2D eigenvalue weighted by molar-refractivity contribution is 6.31. The largest absolute Gasteiger partial charge is 0.292 e. The SMILES string of the molecule is Cc1nn(-c2nc(NN)nc(-n3cccn3)n2)cc1Cl. The van der Waals surface area contributed by atoms with E-state index in [9.17, 15) is 0 Å². The second-order valence-corrected chi connectivity index (χ2v) is 4.27. The molecule has 3 aromatic heterocycles. The van der Waals surface area contributed by atoms with Crippen molar-refractivity contribution in [3.05, 3.63) is 35.4 Å². The normalized spacial score (nSPS) is 10.8. The molecule has 0 saturated heterocycles. The summed E-state index contributed by atoms with van der Waals surface area (Å²) < 4.78 is 2.94. The smallest absolute Gasteiger partial charge is 0.257 e. The predicted octanol–water partition coefficient (Wildman–Crippen LogP) is 0.490. The topological polar surface area (TPSA) is 112 Å². The lowest BCUT2D eigenvalue weighted by Gasteiger charge is -2.06. The summed E-state index contributed by atoms with van der Waals surface area (Å²) in [4.78, 5) is 12.5. The van der Waals surface area contributed by atoms with Crippen molar-refractivity contribution in [1.29, 1.82) is 0 Å². The van der Waals surface area contributed by atoms with Crippen molar-refractivity contribution in [3.63, 3.8) is 0 Å². The maximum Gasteiger partial charge on any atom is 0.257 e. The Labute approximate surface area is 118 Å². The third-order valence-corrected chi connectivity index (χ3v) is 2.87. The molecule has 9 nitrogen and oxygen atoms in total. The van der Waals surface area contributed by atoms with Crippen molar-refractivity contribution < 1.29 is 0 Å². The van der Waals surface area contributed by atoms with Crippen LogP contribution in [-0.4, -0.2) is 34.5 Å². The van der Waals surface area contributed by atoms with E-state index in [0.29, 0.717) is 16.7 Å². The van der Waals surface area contributed by atoms with E-state index in [2.05, 4.69) is 30.6 Å². The van der Waals surface area contributed by atoms with E-state index < -0.39 is 0 Å². The number of nitrogens with one attached hydrogen (secondary N) is 1. The average Bonchev–Trinajstić information content (AvgIpc) is 3.09. The second-order valence-electron chi connectivity index (χ2n) is 3.86. The Bertz CT molecular complexity index is 714. The molecule has 0 aromatic carbocycles. The summed E-state index contributed by atoms with van der Waals surface area (Å²) in [5, 5.41) is 8.79. The molecule has 0 fully saturated rings. The van der Waals surface area contributed by atoms with Gasteiger partial charge in [0.05, 0.1) is 16.9 Å². The Morgan fingerprint density at radius 3 is 2.50 bits per heavy atom. The van der Waals surface area contributed by atoms with E-state index in [1.165, 1.54) is 9.36 Å². The van der Waals surface area contributed by atoms with Crippen LogP contribution in [0, 0.1) is 6.92 Å². The highest BCUT2D eigenvalue weighted by atomic mass is 35.5. The van der Waals surface area contributed by atoms with Crippen molar-refractivity contribution in [3.8, 4) is 11.9 Å². The molecule has 0 aliphatic carbocycles. The number of hydrazine groups is 1. The molecule has 0 aliphatic heterocycles. The van der Waals surface area contributed by atoms with Gasteiger partial charge in [0.25, 0.3) is 11.9 Å². The van der Waals surface area contributed by atoms with Crippen LogP contribution in [0.5, 0.6) is 0 Å². The lowest BCUT2D eigenvalue weighted by atomic mass is 10.5. The van der Waals surface area contributed by atoms with Crippen LogP contribution in [0.3, 0.4) is 0 Å². The Hall–Kier alpha value is -2.52. The Balaban J connectivity index is 2.13. The lowest BCUT2D eigenvalue weighted by Crippen LogP contribution is -2.16. The van der Waals surface area contributed by atoms with Gasteiger partial charge in [0, 0.05) is 12.4 Å². The van der Waals surface area contributed by atoms with Crippen LogP contribution in [0.15, 0.2) is 24.7 Å². The minimum atomic E-state index is 0.199. The zero-order valence-corrected chi connectivity index (χ0v) is 11.2. The molecule has 3 heterocycles. The predicted molar refractivity (Wildman–Crippen MR) is 71.6 cm³/mol. The summed E-state index contributed by atoms with van der Waals surface area (Å²) in [6.45, 7) is 1.79. The maximum absolute atomic E-state index is 5.98. The molecule has 10 heteroatoms. The number of anilines is 1. The molecule has 0 amide bonds. The van der Waals surface area contributed by atoms with Crippen molar-refractivity contribution in [1.82, 2.24) is 34.5 Å². The fourth-order valence-electron chi connectivity index (χ4n) is 1.55. The maximum atomic E-state index is 5.98. The van der Waals surface area contributed by atoms with Gasteiger partial charge in [-0.15, -0.1) is 0 Å². The molecule has 0 aliphatic rings. The van der Waals surface area contributed by atoms with E-state index in [0.717, 1.165) is 0 Å². The van der Waals surface area contributed by atoms with Gasteiger partial charge >= 0.3 is 0 Å². The molecule has 102 valence electrons. The molecular formula is C10H10ClN9. The van der Waals surface area contributed by atoms with E-state index in [4.69, 9.17) is 17.4 Å². The number of halogens is 1. The minimum absolute atomic E-state index is 0.199. The summed E-state index contributed by atoms with van der Waals surface area (Å²) in [6, 6.07) is 1.76. The van der Waals surface area contributed by atoms with Crippen molar-refractivity contribution in [2.45, 2.75) is 6.92 Å². The summed E-state index contributed by atoms with van der Waals surface area (Å²) in [5.74, 6) is 6.17. The average molecular weight is 292 g/mol. The van der Waals surface area contributed by atoms with E-state index in [-0.39, 0.29) is 11.9 Å². The van der Waals surface area contributed by atoms with Crippen LogP contribution >= 0.6 is 11.6 Å². The van der Waals surface area contributed by atoms with Crippen LogP contribution in [0.25, 0.3) is 11.9 Å². The van der Waals surface area contributed by atoms with Gasteiger partial charge in [0.15, 0.2) is 0 Å². The van der Waals surface area contributed by atoms with Gasteiger partial charge < -0.3 is 0 Å². The molecule has 0 atom stereocenters. The van der Waals surface area contributed by atoms with Crippen LogP contribution < -0.4 is 11.3 Å². The molecule has 0 radical (unpaired) electrons. The lowest BCUT2D eigenvalue weighted by molar-refractivity contribution is 0.741. The van der Waals surface area contributed by atoms with Gasteiger partial charge in [-0.3, -0.25) is 5.43 Å². The van der Waals surface area contributed by atoms with Gasteiger partial charge in [-0.1, -0.05) is 11.6 Å². The van der Waals surface area contributed by atoms with Gasteiger partial charge in [-0.05, 0) is 13.0 Å². The fraction of sp³-hybridized carbons (Fsp3) is 0.100. The summed E-state index contributed by atoms with van der Waals surface area (Å²) in [6.07, 6.45) is 4.94. The van der Waals surface area contributed by atoms with E-state index in [1.807, 2.05) is 0 Å². The Kier molecular flexibility index (Phi) is 3.05. The molecular weight excluding hydrogens is 282 g/mol. The highest BCUT2D eigenvalue weighted by Gasteiger charge is 2.12. The number of hydrogen-bond donors (Lipinski definition) is 2. The second kappa shape index (κ2) is 4.87. The number of aromatic nitrogens is 7. The number of nitrogens with zero attached hydrogens (tertiary/aromatic N) is 7. The Morgan fingerprint density at radius 2 is 1.95 bits per heavy atom. The van der Waals surface area contributed by atoms with Crippen molar-refractivity contribution in [2.75, 3.05) is 5.43 Å². The first-order valence-corrected chi connectivity index (χ1v) is 6.00. The molecule has 20 heavy (non-hydrogen) atoms. The number of nitrogen functional groups attached to an aromatic ring is 1.